The summed E-state index contributed by atoms with van der Waals surface area (Å²) in [4.78, 5) is 27.6. The first-order chi connectivity index (χ1) is 18.1. The summed E-state index contributed by atoms with van der Waals surface area (Å²) < 4.78 is 51.0. The molecule has 1 aliphatic carbocycles. The highest BCUT2D eigenvalue weighted by Crippen LogP contribution is 2.32. The van der Waals surface area contributed by atoms with E-state index < -0.39 is 41.8 Å². The second-order valence-corrected chi connectivity index (χ2v) is 9.68. The van der Waals surface area contributed by atoms with Gasteiger partial charge in [0.1, 0.15) is 18.0 Å². The predicted octanol–water partition coefficient (Wildman–Crippen LogP) is 3.01. The average molecular weight is 648 g/mol. The summed E-state index contributed by atoms with van der Waals surface area (Å²) in [5, 5.41) is 23.0. The summed E-state index contributed by atoms with van der Waals surface area (Å²) in [6.07, 6.45) is -5.44. The van der Waals surface area contributed by atoms with Crippen molar-refractivity contribution in [3.63, 3.8) is 0 Å². The van der Waals surface area contributed by atoms with E-state index in [1.54, 1.807) is 18.2 Å². The molecule has 8 nitrogen and oxygen atoms in total. The Labute approximate surface area is 231 Å². The number of carbonyl (C=O) groups is 2. The minimum absolute atomic E-state index is 0.000781. The third-order valence-electron chi connectivity index (χ3n) is 5.97. The molecule has 1 aliphatic rings. The lowest BCUT2D eigenvalue weighted by atomic mass is 9.87. The van der Waals surface area contributed by atoms with E-state index in [-0.39, 0.29) is 43.9 Å². The molecule has 0 aliphatic heterocycles. The minimum atomic E-state index is -4.56. The predicted molar refractivity (Wildman–Crippen MR) is 141 cm³/mol. The molecular weight excluding hydrogens is 620 g/mol. The molecule has 3 atom stereocenters. The molecule has 0 saturated carbocycles. The maximum atomic E-state index is 13.5. The summed E-state index contributed by atoms with van der Waals surface area (Å²) >= 11 is 2.07. The van der Waals surface area contributed by atoms with Crippen LogP contribution in [0.1, 0.15) is 22.3 Å². The van der Waals surface area contributed by atoms with Crippen molar-refractivity contribution < 1.29 is 42.4 Å². The largest absolute Gasteiger partial charge is 0.482 e. The average Bonchev–Trinajstić information content (AvgIpc) is 2.89. The van der Waals surface area contributed by atoms with Gasteiger partial charge in [-0.25, -0.2) is 0 Å². The van der Waals surface area contributed by atoms with Crippen LogP contribution in [0, 0.1) is 3.57 Å². The van der Waals surface area contributed by atoms with Crippen LogP contribution in [0.25, 0.3) is 0 Å². The van der Waals surface area contributed by atoms with Crippen molar-refractivity contribution >= 4 is 34.4 Å². The highest BCUT2D eigenvalue weighted by atomic mass is 127. The van der Waals surface area contributed by atoms with Crippen molar-refractivity contribution in [2.24, 2.45) is 0 Å². The van der Waals surface area contributed by atoms with Gasteiger partial charge in [-0.3, -0.25) is 9.59 Å². The highest BCUT2D eigenvalue weighted by Gasteiger charge is 2.41. The van der Waals surface area contributed by atoms with Gasteiger partial charge in [-0.05, 0) is 65.1 Å². The number of halogens is 4. The third-order valence-corrected chi connectivity index (χ3v) is 6.86. The Morgan fingerprint density at radius 3 is 2.45 bits per heavy atom. The number of alkyl halides is 3. The van der Waals surface area contributed by atoms with Crippen LogP contribution >= 0.6 is 22.6 Å². The van der Waals surface area contributed by atoms with Crippen LogP contribution in [-0.4, -0.2) is 78.6 Å². The number of amides is 2. The molecule has 206 valence electrons. The van der Waals surface area contributed by atoms with Crippen molar-refractivity contribution in [1.29, 1.82) is 0 Å². The summed E-state index contributed by atoms with van der Waals surface area (Å²) in [5.41, 5.74) is -0.684. The first-order valence-corrected chi connectivity index (χ1v) is 12.8. The van der Waals surface area contributed by atoms with Crippen molar-refractivity contribution in [2.75, 3.05) is 33.4 Å². The SMILES string of the molecule is COCCN(C(=O)c1ccc(C(F)(F)F)cc1)[C@@H]1CC(C(=O)NCCO)=C[C@H](Oc2ccccc2I)[C@H]1O. The van der Waals surface area contributed by atoms with Gasteiger partial charge in [-0.15, -0.1) is 0 Å². The molecule has 0 radical (unpaired) electrons. The Balaban J connectivity index is 1.97. The fourth-order valence-corrected chi connectivity index (χ4v) is 4.56. The molecule has 0 spiro atoms. The molecular formula is C26H28F3IN2O6. The molecule has 0 fully saturated rings. The van der Waals surface area contributed by atoms with Crippen LogP contribution < -0.4 is 10.1 Å². The maximum absolute atomic E-state index is 13.5. The number of hydrogen-bond acceptors (Lipinski definition) is 6. The number of carbonyl (C=O) groups excluding carboxylic acids is 2. The van der Waals surface area contributed by atoms with E-state index >= 15 is 0 Å². The number of hydrogen-bond donors (Lipinski definition) is 3. The molecule has 2 aromatic carbocycles. The van der Waals surface area contributed by atoms with Gasteiger partial charge in [-0.1, -0.05) is 12.1 Å². The summed E-state index contributed by atoms with van der Waals surface area (Å²) in [6.45, 7) is -0.199. The standard InChI is InChI=1S/C26H28F3IN2O6/c1-37-13-11-32(25(36)16-6-8-18(9-7-16)26(27,28)29)20-14-17(24(35)31-10-12-33)15-22(23(20)34)38-21-5-3-2-4-19(21)30/h2-9,15,20,22-23,33-34H,10-14H2,1H3,(H,31,35)/t20-,22+,23+/m1/s1. The number of methoxy groups -OCH3 is 1. The van der Waals surface area contributed by atoms with Crippen molar-refractivity contribution in [3.8, 4) is 5.75 Å². The lowest BCUT2D eigenvalue weighted by molar-refractivity contribution is -0.137. The normalized spacial score (nSPS) is 19.4. The second-order valence-electron chi connectivity index (χ2n) is 8.51. The van der Waals surface area contributed by atoms with Gasteiger partial charge in [0.05, 0.1) is 28.4 Å². The molecule has 0 unspecified atom stereocenters. The number of ether oxygens (including phenoxy) is 2. The van der Waals surface area contributed by atoms with Crippen LogP contribution in [0.15, 0.2) is 60.2 Å². The number of aliphatic hydroxyl groups is 2. The quantitative estimate of drug-likeness (QED) is 0.342. The summed E-state index contributed by atoms with van der Waals surface area (Å²) in [5.74, 6) is -0.674. The summed E-state index contributed by atoms with van der Waals surface area (Å²) in [6, 6.07) is 9.89. The van der Waals surface area contributed by atoms with Crippen LogP contribution in [-0.2, 0) is 15.7 Å². The van der Waals surface area contributed by atoms with E-state index in [2.05, 4.69) is 27.9 Å². The number of para-hydroxylation sites is 1. The lowest BCUT2D eigenvalue weighted by Gasteiger charge is -2.40. The van der Waals surface area contributed by atoms with E-state index in [1.807, 2.05) is 6.07 Å². The van der Waals surface area contributed by atoms with Crippen molar-refractivity contribution in [3.05, 3.63) is 74.9 Å². The van der Waals surface area contributed by atoms with E-state index in [1.165, 1.54) is 18.1 Å². The fourth-order valence-electron chi connectivity index (χ4n) is 4.04. The molecule has 0 bridgehead atoms. The lowest BCUT2D eigenvalue weighted by Crippen LogP contribution is -2.55. The topological polar surface area (TPSA) is 108 Å². The molecule has 12 heteroatoms. The van der Waals surface area contributed by atoms with Gasteiger partial charge in [0.2, 0.25) is 5.91 Å². The highest BCUT2D eigenvalue weighted by molar-refractivity contribution is 14.1. The van der Waals surface area contributed by atoms with Crippen LogP contribution in [0.5, 0.6) is 5.75 Å². The number of nitrogens with one attached hydrogen (secondary N) is 1. The monoisotopic (exact) mass is 648 g/mol. The zero-order chi connectivity index (χ0) is 27.9. The van der Waals surface area contributed by atoms with Crippen LogP contribution in [0.4, 0.5) is 13.2 Å². The maximum Gasteiger partial charge on any atom is 0.416 e. The van der Waals surface area contributed by atoms with E-state index in [0.717, 1.165) is 27.8 Å². The molecule has 0 aromatic heterocycles. The fraction of sp³-hybridized carbons (Fsp3) is 0.385. The van der Waals surface area contributed by atoms with Gasteiger partial charge in [-0.2, -0.15) is 13.2 Å². The minimum Gasteiger partial charge on any atom is -0.482 e. The van der Waals surface area contributed by atoms with Crippen molar-refractivity contribution in [2.45, 2.75) is 30.8 Å². The van der Waals surface area contributed by atoms with E-state index in [0.29, 0.717) is 5.75 Å². The van der Waals surface area contributed by atoms with Gasteiger partial charge in [0, 0.05) is 37.8 Å². The Morgan fingerprint density at radius 1 is 1.16 bits per heavy atom. The number of benzene rings is 2. The van der Waals surface area contributed by atoms with Crippen LogP contribution in [0.2, 0.25) is 0 Å². The first kappa shape index (κ1) is 29.9. The van der Waals surface area contributed by atoms with Gasteiger partial charge >= 0.3 is 6.18 Å². The Kier molecular flexibility index (Phi) is 10.5. The zero-order valence-electron chi connectivity index (χ0n) is 20.5. The van der Waals surface area contributed by atoms with E-state index in [9.17, 15) is 27.9 Å². The zero-order valence-corrected chi connectivity index (χ0v) is 22.6. The smallest absolute Gasteiger partial charge is 0.416 e. The number of aliphatic hydroxyl groups excluding tert-OH is 2. The summed E-state index contributed by atoms with van der Waals surface area (Å²) in [7, 11) is 1.43. The molecule has 0 saturated heterocycles. The molecule has 2 amide bonds. The number of nitrogens with zero attached hydrogens (tertiary/aromatic N) is 1. The van der Waals surface area contributed by atoms with Crippen LogP contribution in [0.3, 0.4) is 0 Å². The molecule has 0 heterocycles. The molecule has 38 heavy (non-hydrogen) atoms. The Bertz CT molecular complexity index is 1140. The van der Waals surface area contributed by atoms with Gasteiger partial charge in [0.25, 0.3) is 5.91 Å². The van der Waals surface area contributed by atoms with Gasteiger partial charge in [0.15, 0.2) is 0 Å². The van der Waals surface area contributed by atoms with Gasteiger partial charge < -0.3 is 29.9 Å². The Morgan fingerprint density at radius 2 is 1.84 bits per heavy atom. The second kappa shape index (κ2) is 13.4. The van der Waals surface area contributed by atoms with E-state index in [4.69, 9.17) is 14.6 Å². The molecule has 3 rings (SSSR count). The molecule has 2 aromatic rings. The number of rotatable bonds is 10. The first-order valence-electron chi connectivity index (χ1n) is 11.7. The van der Waals surface area contributed by atoms with Crippen molar-refractivity contribution in [1.82, 2.24) is 10.2 Å². The Hall–Kier alpha value is -2.68. The third kappa shape index (κ3) is 7.46. The molecule has 3 N–H and O–H groups in total.